The molecule has 0 saturated heterocycles. The van der Waals surface area contributed by atoms with Crippen molar-refractivity contribution in [2.24, 2.45) is 7.05 Å². The lowest BCUT2D eigenvalue weighted by Gasteiger charge is -2.22. The molecule has 1 atom stereocenters. The number of aliphatic carboxylic acids is 1. The van der Waals surface area contributed by atoms with E-state index in [1.165, 1.54) is 31.7 Å². The Morgan fingerprint density at radius 1 is 1.11 bits per heavy atom. The molecule has 36 heavy (non-hydrogen) atoms. The summed E-state index contributed by atoms with van der Waals surface area (Å²) in [5.74, 6) is -4.20. The van der Waals surface area contributed by atoms with Crippen LogP contribution >= 0.6 is 0 Å². The summed E-state index contributed by atoms with van der Waals surface area (Å²) < 4.78 is 11.9. The number of carboxylic acid groups (broad SMARTS) is 1. The first-order valence-electron chi connectivity index (χ1n) is 10.9. The lowest BCUT2D eigenvalue weighted by Crippen LogP contribution is -2.25. The number of Topliss-reactive ketones (excluding diaryl/α,β-unsaturated/α-hetero) is 1. The van der Waals surface area contributed by atoms with E-state index in [0.29, 0.717) is 16.7 Å². The van der Waals surface area contributed by atoms with Crippen molar-refractivity contribution in [3.05, 3.63) is 73.4 Å². The quantitative estimate of drug-likeness (QED) is 0.271. The minimum Gasteiger partial charge on any atom is -0.507 e. The van der Waals surface area contributed by atoms with Crippen LogP contribution in [0, 0.1) is 6.92 Å². The molecule has 3 N–H and O–H groups in total. The first-order chi connectivity index (χ1) is 17.0. The van der Waals surface area contributed by atoms with E-state index >= 15 is 0 Å². The van der Waals surface area contributed by atoms with Crippen molar-refractivity contribution in [1.29, 1.82) is 0 Å². The van der Waals surface area contributed by atoms with Gasteiger partial charge in [-0.1, -0.05) is 0 Å². The number of ketones is 1. The van der Waals surface area contributed by atoms with Gasteiger partial charge in [-0.2, -0.15) is 0 Å². The number of hydrogen-bond donors (Lipinski definition) is 3. The van der Waals surface area contributed by atoms with Crippen LogP contribution in [0.2, 0.25) is 0 Å². The third kappa shape index (κ3) is 3.86. The molecule has 10 nitrogen and oxygen atoms in total. The molecule has 0 fully saturated rings. The van der Waals surface area contributed by atoms with E-state index in [0.717, 1.165) is 13.0 Å². The number of phenols is 2. The predicted molar refractivity (Wildman–Crippen MR) is 130 cm³/mol. The van der Waals surface area contributed by atoms with Crippen molar-refractivity contribution in [3.8, 4) is 17.2 Å². The van der Waals surface area contributed by atoms with Gasteiger partial charge in [0.05, 0.1) is 24.4 Å². The monoisotopic (exact) mass is 493 g/mol. The zero-order chi connectivity index (χ0) is 26.5. The normalized spacial score (nSPS) is 12.1. The maximum atomic E-state index is 13.5. The van der Waals surface area contributed by atoms with Gasteiger partial charge >= 0.3 is 11.6 Å². The van der Waals surface area contributed by atoms with Crippen molar-refractivity contribution >= 4 is 33.6 Å². The molecule has 0 bridgehead atoms. The Morgan fingerprint density at radius 3 is 2.42 bits per heavy atom. The fraction of sp³-hybridized carbons (Fsp3) is 0.231. The molecule has 2 aromatic carbocycles. The Bertz CT molecular complexity index is 1690. The molecular formula is C26H23NO9. The predicted octanol–water partition coefficient (Wildman–Crippen LogP) is 3.18. The van der Waals surface area contributed by atoms with E-state index in [2.05, 4.69) is 0 Å². The van der Waals surface area contributed by atoms with Gasteiger partial charge in [0.15, 0.2) is 5.78 Å². The number of carboxylic acids is 1. The van der Waals surface area contributed by atoms with Gasteiger partial charge in [0.25, 0.3) is 5.56 Å². The molecule has 0 saturated carbocycles. The molecule has 0 aliphatic heterocycles. The topological polar surface area (TPSA) is 156 Å². The number of carbonyl (C=O) groups excluding carboxylic acids is 1. The standard InChI is InChI=1S/C26H23NO9/c1-11-7-19(31)36-25-20(11)23(32)21(12(2)28)24(33)22(25)15(10-18(29)30)16-8-13-5-6-14(35-4)9-17(13)27(3)26(16)34/h5-9,15,32-33H,10H2,1-4H3,(H,29,30)/t15-/m0/s1. The van der Waals surface area contributed by atoms with Crippen LogP contribution in [0.1, 0.15) is 46.3 Å². The van der Waals surface area contributed by atoms with Crippen molar-refractivity contribution in [3.63, 3.8) is 0 Å². The average Bonchev–Trinajstić information content (AvgIpc) is 2.79. The largest absolute Gasteiger partial charge is 0.507 e. The van der Waals surface area contributed by atoms with Crippen LogP contribution in [0.4, 0.5) is 0 Å². The summed E-state index contributed by atoms with van der Waals surface area (Å²) in [5, 5.41) is 32.2. The summed E-state index contributed by atoms with van der Waals surface area (Å²) in [4.78, 5) is 50.1. The van der Waals surface area contributed by atoms with Gasteiger partial charge in [-0.3, -0.25) is 14.4 Å². The van der Waals surface area contributed by atoms with Gasteiger partial charge < -0.3 is 29.0 Å². The number of rotatable bonds is 6. The minimum atomic E-state index is -1.33. The number of fused-ring (bicyclic) bond motifs is 2. The highest BCUT2D eigenvalue weighted by Gasteiger charge is 2.33. The lowest BCUT2D eigenvalue weighted by molar-refractivity contribution is -0.137. The molecule has 0 radical (unpaired) electrons. The molecule has 186 valence electrons. The Hall–Kier alpha value is -4.60. The van der Waals surface area contributed by atoms with E-state index in [1.54, 1.807) is 18.2 Å². The highest BCUT2D eigenvalue weighted by molar-refractivity contribution is 6.07. The first-order valence-corrected chi connectivity index (χ1v) is 10.9. The highest BCUT2D eigenvalue weighted by Crippen LogP contribution is 2.46. The number of aromatic nitrogens is 1. The van der Waals surface area contributed by atoms with Gasteiger partial charge in [-0.15, -0.1) is 0 Å². The van der Waals surface area contributed by atoms with Gasteiger partial charge in [-0.05, 0) is 43.0 Å². The van der Waals surface area contributed by atoms with Gasteiger partial charge in [0.2, 0.25) is 0 Å². The number of aryl methyl sites for hydroxylation is 2. The van der Waals surface area contributed by atoms with E-state index in [1.807, 2.05) is 0 Å². The summed E-state index contributed by atoms with van der Waals surface area (Å²) in [6.07, 6.45) is -0.681. The Morgan fingerprint density at radius 2 is 1.81 bits per heavy atom. The zero-order valence-electron chi connectivity index (χ0n) is 19.9. The Labute approximate surface area is 203 Å². The summed E-state index contributed by atoms with van der Waals surface area (Å²) in [5.41, 5.74) is -1.65. The van der Waals surface area contributed by atoms with Crippen molar-refractivity contribution in [2.45, 2.75) is 26.2 Å². The average molecular weight is 493 g/mol. The number of nitrogens with zero attached hydrogens (tertiary/aromatic N) is 1. The maximum absolute atomic E-state index is 13.5. The van der Waals surface area contributed by atoms with Crippen molar-refractivity contribution in [2.75, 3.05) is 7.11 Å². The third-order valence-electron chi connectivity index (χ3n) is 6.28. The van der Waals surface area contributed by atoms with Crippen LogP contribution in [0.15, 0.2) is 44.3 Å². The van der Waals surface area contributed by atoms with Crippen LogP contribution in [0.25, 0.3) is 21.9 Å². The second-order valence-corrected chi connectivity index (χ2v) is 8.53. The minimum absolute atomic E-state index is 0.0153. The molecule has 10 heteroatoms. The second-order valence-electron chi connectivity index (χ2n) is 8.53. The van der Waals surface area contributed by atoms with E-state index in [-0.39, 0.29) is 27.7 Å². The van der Waals surface area contributed by atoms with Gasteiger partial charge in [0.1, 0.15) is 28.4 Å². The van der Waals surface area contributed by atoms with Crippen LogP contribution in [-0.4, -0.2) is 38.7 Å². The molecule has 0 aliphatic carbocycles. The number of benzene rings is 2. The summed E-state index contributed by atoms with van der Waals surface area (Å²) in [6, 6.07) is 7.60. The highest BCUT2D eigenvalue weighted by atomic mass is 16.5. The molecule has 2 heterocycles. The van der Waals surface area contributed by atoms with Crippen molar-refractivity contribution < 1.29 is 34.1 Å². The van der Waals surface area contributed by atoms with Crippen molar-refractivity contribution in [1.82, 2.24) is 4.57 Å². The third-order valence-corrected chi connectivity index (χ3v) is 6.28. The summed E-state index contributed by atoms with van der Waals surface area (Å²) >= 11 is 0. The number of methoxy groups -OCH3 is 1. The van der Waals surface area contributed by atoms with Crippen LogP contribution in [-0.2, 0) is 11.8 Å². The summed E-state index contributed by atoms with van der Waals surface area (Å²) in [7, 11) is 2.99. The summed E-state index contributed by atoms with van der Waals surface area (Å²) in [6.45, 7) is 2.62. The zero-order valence-corrected chi connectivity index (χ0v) is 19.9. The number of ether oxygens (including phenoxy) is 1. The number of carbonyl (C=O) groups is 2. The maximum Gasteiger partial charge on any atom is 0.336 e. The molecule has 4 rings (SSSR count). The fourth-order valence-corrected chi connectivity index (χ4v) is 4.62. The fourth-order valence-electron chi connectivity index (χ4n) is 4.62. The Balaban J connectivity index is 2.18. The van der Waals surface area contributed by atoms with Crippen LogP contribution in [0.5, 0.6) is 17.2 Å². The molecule has 0 aliphatic rings. The number of aromatic hydroxyl groups is 2. The smallest absolute Gasteiger partial charge is 0.336 e. The van der Waals surface area contributed by atoms with E-state index in [4.69, 9.17) is 9.15 Å². The van der Waals surface area contributed by atoms with E-state index in [9.17, 15) is 34.5 Å². The lowest BCUT2D eigenvalue weighted by atomic mass is 9.84. The Kier molecular flexibility index (Phi) is 6.05. The van der Waals surface area contributed by atoms with Crippen LogP contribution < -0.4 is 15.9 Å². The number of phenolic OH excluding ortho intramolecular Hbond substituents is 2. The molecule has 0 amide bonds. The molecule has 0 unspecified atom stereocenters. The first kappa shape index (κ1) is 24.5. The molecular weight excluding hydrogens is 470 g/mol. The van der Waals surface area contributed by atoms with E-state index < -0.39 is 52.3 Å². The van der Waals surface area contributed by atoms with Gasteiger partial charge in [0, 0.05) is 36.2 Å². The molecule has 4 aromatic rings. The second kappa shape index (κ2) is 8.88. The molecule has 2 aromatic heterocycles. The SMILES string of the molecule is COc1ccc2cc([C@H](CC(=O)O)c3c(O)c(C(C)=O)c(O)c4c(C)cc(=O)oc34)c(=O)n(C)c2c1. The van der Waals surface area contributed by atoms with Crippen LogP contribution in [0.3, 0.4) is 0 Å². The molecule has 0 spiro atoms. The number of hydrogen-bond acceptors (Lipinski definition) is 8. The van der Waals surface area contributed by atoms with Gasteiger partial charge in [-0.25, -0.2) is 4.79 Å². The number of pyridine rings is 1.